The van der Waals surface area contributed by atoms with E-state index < -0.39 is 0 Å². The average molecular weight is 262 g/mol. The molecule has 3 nitrogen and oxygen atoms in total. The predicted molar refractivity (Wildman–Crippen MR) is 77.5 cm³/mol. The summed E-state index contributed by atoms with van der Waals surface area (Å²) in [4.78, 5) is 14.0. The van der Waals surface area contributed by atoms with Gasteiger partial charge in [0.25, 0.3) is 5.91 Å². The molecule has 2 aromatic carbocycles. The third-order valence-electron chi connectivity index (χ3n) is 2.81. The van der Waals surface area contributed by atoms with Gasteiger partial charge in [0.2, 0.25) is 0 Å². The first kappa shape index (κ1) is 13.6. The van der Waals surface area contributed by atoms with Gasteiger partial charge in [0, 0.05) is 17.8 Å². The SMILES string of the molecule is N#C/C=C/N(Cc1ccccc1)C(=O)c1ccccc1. The molecule has 3 heteroatoms. The van der Waals surface area contributed by atoms with Gasteiger partial charge in [-0.2, -0.15) is 5.26 Å². The van der Waals surface area contributed by atoms with Crippen molar-refractivity contribution in [3.63, 3.8) is 0 Å². The lowest BCUT2D eigenvalue weighted by Crippen LogP contribution is -2.25. The van der Waals surface area contributed by atoms with Crippen molar-refractivity contribution in [1.82, 2.24) is 4.90 Å². The number of amides is 1. The van der Waals surface area contributed by atoms with Crippen LogP contribution in [0.25, 0.3) is 0 Å². The van der Waals surface area contributed by atoms with Gasteiger partial charge in [-0.3, -0.25) is 4.79 Å². The Labute approximate surface area is 118 Å². The molecular weight excluding hydrogens is 248 g/mol. The fourth-order valence-corrected chi connectivity index (χ4v) is 1.84. The lowest BCUT2D eigenvalue weighted by molar-refractivity contribution is 0.0813. The van der Waals surface area contributed by atoms with Gasteiger partial charge in [-0.05, 0) is 17.7 Å². The Balaban J connectivity index is 2.22. The molecule has 0 aromatic heterocycles. The number of carbonyl (C=O) groups is 1. The van der Waals surface area contributed by atoms with Gasteiger partial charge in [-0.15, -0.1) is 0 Å². The number of carbonyl (C=O) groups excluding carboxylic acids is 1. The minimum absolute atomic E-state index is 0.124. The summed E-state index contributed by atoms with van der Waals surface area (Å²) in [5.74, 6) is -0.124. The first-order valence-electron chi connectivity index (χ1n) is 6.27. The molecule has 98 valence electrons. The van der Waals surface area contributed by atoms with Crippen LogP contribution in [-0.2, 0) is 6.54 Å². The average Bonchev–Trinajstić information content (AvgIpc) is 2.52. The topological polar surface area (TPSA) is 44.1 Å². The molecule has 0 aliphatic rings. The van der Waals surface area contributed by atoms with E-state index in [0.29, 0.717) is 12.1 Å². The molecule has 0 fully saturated rings. The first-order chi connectivity index (χ1) is 9.81. The van der Waals surface area contributed by atoms with Crippen LogP contribution >= 0.6 is 0 Å². The Bertz CT molecular complexity index is 627. The Morgan fingerprint density at radius 2 is 1.65 bits per heavy atom. The van der Waals surface area contributed by atoms with E-state index in [1.54, 1.807) is 12.1 Å². The summed E-state index contributed by atoms with van der Waals surface area (Å²) in [6, 6.07) is 20.6. The first-order valence-corrected chi connectivity index (χ1v) is 6.27. The molecule has 0 atom stereocenters. The highest BCUT2D eigenvalue weighted by Gasteiger charge is 2.13. The van der Waals surface area contributed by atoms with Crippen LogP contribution in [0.3, 0.4) is 0 Å². The second-order valence-corrected chi connectivity index (χ2v) is 4.23. The molecular formula is C17H14N2O. The Kier molecular flexibility index (Phi) is 4.69. The zero-order chi connectivity index (χ0) is 14.2. The van der Waals surface area contributed by atoms with Crippen LogP contribution in [0.1, 0.15) is 15.9 Å². The number of rotatable bonds is 4. The molecule has 0 saturated carbocycles. The summed E-state index contributed by atoms with van der Waals surface area (Å²) in [5, 5.41) is 8.66. The maximum absolute atomic E-state index is 12.4. The summed E-state index contributed by atoms with van der Waals surface area (Å²) < 4.78 is 0. The van der Waals surface area contributed by atoms with Crippen molar-refractivity contribution in [2.45, 2.75) is 6.54 Å². The third-order valence-corrected chi connectivity index (χ3v) is 2.81. The third kappa shape index (κ3) is 3.56. The van der Waals surface area contributed by atoms with Crippen LogP contribution in [0.5, 0.6) is 0 Å². The van der Waals surface area contributed by atoms with E-state index >= 15 is 0 Å². The summed E-state index contributed by atoms with van der Waals surface area (Å²) in [5.41, 5.74) is 1.62. The molecule has 0 aliphatic heterocycles. The standard InChI is InChI=1S/C17H14N2O/c18-12-7-13-19(14-15-8-3-1-4-9-15)17(20)16-10-5-2-6-11-16/h1-11,13H,14H2/b13-7+. The maximum Gasteiger partial charge on any atom is 0.258 e. The molecule has 0 heterocycles. The smallest absolute Gasteiger partial charge is 0.258 e. The number of hydrogen-bond donors (Lipinski definition) is 0. The monoisotopic (exact) mass is 262 g/mol. The van der Waals surface area contributed by atoms with Crippen molar-refractivity contribution in [2.24, 2.45) is 0 Å². The highest BCUT2D eigenvalue weighted by atomic mass is 16.2. The summed E-state index contributed by atoms with van der Waals surface area (Å²) in [7, 11) is 0. The van der Waals surface area contributed by atoms with Crippen molar-refractivity contribution in [1.29, 1.82) is 5.26 Å². The van der Waals surface area contributed by atoms with E-state index in [-0.39, 0.29) is 5.91 Å². The Morgan fingerprint density at radius 3 is 2.25 bits per heavy atom. The largest absolute Gasteiger partial charge is 0.310 e. The van der Waals surface area contributed by atoms with Gasteiger partial charge in [0.05, 0.1) is 12.6 Å². The molecule has 0 aliphatic carbocycles. The highest BCUT2D eigenvalue weighted by Crippen LogP contribution is 2.10. The number of nitrogens with zero attached hydrogens (tertiary/aromatic N) is 2. The predicted octanol–water partition coefficient (Wildman–Crippen LogP) is 3.37. The second kappa shape index (κ2) is 6.91. The molecule has 0 saturated heterocycles. The van der Waals surface area contributed by atoms with Crippen molar-refractivity contribution >= 4 is 5.91 Å². The van der Waals surface area contributed by atoms with E-state index in [9.17, 15) is 4.79 Å². The summed E-state index contributed by atoms with van der Waals surface area (Å²) in [6.07, 6.45) is 2.83. The van der Waals surface area contributed by atoms with Crippen LogP contribution in [0, 0.1) is 11.3 Å². The van der Waals surface area contributed by atoms with Gasteiger partial charge < -0.3 is 4.90 Å². The summed E-state index contributed by atoms with van der Waals surface area (Å²) in [6.45, 7) is 0.437. The van der Waals surface area contributed by atoms with Crippen LogP contribution in [-0.4, -0.2) is 10.8 Å². The molecule has 2 aromatic rings. The summed E-state index contributed by atoms with van der Waals surface area (Å²) >= 11 is 0. The van der Waals surface area contributed by atoms with E-state index in [2.05, 4.69) is 0 Å². The van der Waals surface area contributed by atoms with E-state index in [1.807, 2.05) is 54.6 Å². The van der Waals surface area contributed by atoms with Crippen LogP contribution < -0.4 is 0 Å². The molecule has 0 N–H and O–H groups in total. The number of nitriles is 1. The second-order valence-electron chi connectivity index (χ2n) is 4.23. The van der Waals surface area contributed by atoms with Crippen LogP contribution in [0.2, 0.25) is 0 Å². The molecule has 0 bridgehead atoms. The number of allylic oxidation sites excluding steroid dienone is 1. The van der Waals surface area contributed by atoms with E-state index in [4.69, 9.17) is 5.26 Å². The van der Waals surface area contributed by atoms with Crippen LogP contribution in [0.4, 0.5) is 0 Å². The molecule has 0 unspecified atom stereocenters. The van der Waals surface area contributed by atoms with Crippen molar-refractivity contribution < 1.29 is 4.79 Å². The molecule has 20 heavy (non-hydrogen) atoms. The lowest BCUT2D eigenvalue weighted by atomic mass is 10.1. The van der Waals surface area contributed by atoms with Crippen molar-refractivity contribution in [3.05, 3.63) is 84.1 Å². The molecule has 0 radical (unpaired) electrons. The Hall–Kier alpha value is -2.86. The fraction of sp³-hybridized carbons (Fsp3) is 0.0588. The molecule has 1 amide bonds. The van der Waals surface area contributed by atoms with Crippen LogP contribution in [0.15, 0.2) is 72.9 Å². The fourth-order valence-electron chi connectivity index (χ4n) is 1.84. The lowest BCUT2D eigenvalue weighted by Gasteiger charge is -2.18. The van der Waals surface area contributed by atoms with E-state index in [1.165, 1.54) is 17.2 Å². The van der Waals surface area contributed by atoms with Gasteiger partial charge in [-0.1, -0.05) is 48.5 Å². The quantitative estimate of drug-likeness (QED) is 0.793. The molecule has 2 rings (SSSR count). The van der Waals surface area contributed by atoms with E-state index in [0.717, 1.165) is 5.56 Å². The van der Waals surface area contributed by atoms with Crippen molar-refractivity contribution in [2.75, 3.05) is 0 Å². The van der Waals surface area contributed by atoms with Gasteiger partial charge >= 0.3 is 0 Å². The minimum atomic E-state index is -0.124. The van der Waals surface area contributed by atoms with Gasteiger partial charge in [0.1, 0.15) is 0 Å². The molecule has 0 spiro atoms. The zero-order valence-corrected chi connectivity index (χ0v) is 10.9. The maximum atomic E-state index is 12.4. The highest BCUT2D eigenvalue weighted by molar-refractivity contribution is 5.94. The zero-order valence-electron chi connectivity index (χ0n) is 10.9. The van der Waals surface area contributed by atoms with Crippen molar-refractivity contribution in [3.8, 4) is 6.07 Å². The number of benzene rings is 2. The van der Waals surface area contributed by atoms with Gasteiger partial charge in [0.15, 0.2) is 0 Å². The number of hydrogen-bond acceptors (Lipinski definition) is 2. The Morgan fingerprint density at radius 1 is 1.05 bits per heavy atom. The minimum Gasteiger partial charge on any atom is -0.310 e. The normalized spacial score (nSPS) is 10.2. The van der Waals surface area contributed by atoms with Gasteiger partial charge in [-0.25, -0.2) is 0 Å².